The molecule has 0 unspecified atom stereocenters. The molecule has 1 N–H and O–H groups in total. The molecule has 0 amide bonds. The van der Waals surface area contributed by atoms with Gasteiger partial charge in [0, 0.05) is 30.7 Å². The lowest BCUT2D eigenvalue weighted by Crippen LogP contribution is -2.44. The maximum absolute atomic E-state index is 4.69. The number of piperazine rings is 1. The first-order valence-corrected chi connectivity index (χ1v) is 7.06. The van der Waals surface area contributed by atoms with Crippen molar-refractivity contribution in [2.24, 2.45) is 0 Å². The van der Waals surface area contributed by atoms with E-state index in [1.54, 1.807) is 0 Å². The Hall–Kier alpha value is -1.46. The van der Waals surface area contributed by atoms with Gasteiger partial charge < -0.3 is 10.2 Å². The van der Waals surface area contributed by atoms with Gasteiger partial charge in [-0.1, -0.05) is 30.3 Å². The third-order valence-electron chi connectivity index (χ3n) is 3.75. The fourth-order valence-corrected chi connectivity index (χ4v) is 3.51. The summed E-state index contributed by atoms with van der Waals surface area (Å²) in [6.45, 7) is 2.13. The quantitative estimate of drug-likeness (QED) is 0.891. The number of aromatic nitrogens is 2. The van der Waals surface area contributed by atoms with Crippen molar-refractivity contribution in [3.63, 3.8) is 0 Å². The van der Waals surface area contributed by atoms with Gasteiger partial charge in [-0.25, -0.2) is 0 Å². The van der Waals surface area contributed by atoms with Crippen LogP contribution in [0.3, 0.4) is 0 Å². The van der Waals surface area contributed by atoms with Crippen molar-refractivity contribution >= 4 is 17.5 Å². The van der Waals surface area contributed by atoms with Crippen molar-refractivity contribution in [2.75, 3.05) is 18.0 Å². The van der Waals surface area contributed by atoms with Crippen LogP contribution < -0.4 is 10.2 Å². The molecule has 2 bridgehead atoms. The Bertz CT molecular complexity index is 553. The van der Waals surface area contributed by atoms with E-state index in [0.717, 1.165) is 29.6 Å². The molecule has 3 heterocycles. The molecular formula is C13H14N4S. The van der Waals surface area contributed by atoms with Crippen molar-refractivity contribution in [2.45, 2.75) is 18.5 Å². The number of benzene rings is 1. The second-order valence-corrected chi connectivity index (χ2v) is 5.66. The van der Waals surface area contributed by atoms with Crippen LogP contribution >= 0.6 is 11.5 Å². The lowest BCUT2D eigenvalue weighted by molar-refractivity contribution is 0.574. The number of rotatable bonds is 2. The first kappa shape index (κ1) is 10.5. The number of hydrogen-bond acceptors (Lipinski definition) is 5. The maximum atomic E-state index is 4.69. The lowest BCUT2D eigenvalue weighted by Gasteiger charge is -2.25. The van der Waals surface area contributed by atoms with Crippen LogP contribution in [0.5, 0.6) is 0 Å². The molecule has 4 rings (SSSR count). The van der Waals surface area contributed by atoms with Gasteiger partial charge in [-0.3, -0.25) is 0 Å². The van der Waals surface area contributed by atoms with Crippen LogP contribution in [0.25, 0.3) is 10.6 Å². The number of nitrogens with zero attached hydrogens (tertiary/aromatic N) is 3. The zero-order valence-corrected chi connectivity index (χ0v) is 10.7. The minimum atomic E-state index is 0.591. The largest absolute Gasteiger partial charge is 0.334 e. The highest BCUT2D eigenvalue weighted by atomic mass is 32.1. The molecule has 4 nitrogen and oxygen atoms in total. The van der Waals surface area contributed by atoms with Gasteiger partial charge in [0.1, 0.15) is 5.01 Å². The molecule has 5 heteroatoms. The van der Waals surface area contributed by atoms with Crippen LogP contribution in [0.2, 0.25) is 0 Å². The minimum Gasteiger partial charge on any atom is -0.334 e. The Labute approximate surface area is 110 Å². The molecule has 0 radical (unpaired) electrons. The average Bonchev–Trinajstić information content (AvgIpc) is 3.15. The molecule has 92 valence electrons. The van der Waals surface area contributed by atoms with E-state index < -0.39 is 0 Å². The summed E-state index contributed by atoms with van der Waals surface area (Å²) >= 11 is 1.49. The van der Waals surface area contributed by atoms with Crippen molar-refractivity contribution in [1.82, 2.24) is 14.7 Å². The fraction of sp³-hybridized carbons (Fsp3) is 0.385. The third-order valence-corrected chi connectivity index (χ3v) is 4.50. The highest BCUT2D eigenvalue weighted by molar-refractivity contribution is 7.09. The SMILES string of the molecule is c1ccc(-c2nc(N3C[C@H]4C[C@H]3CN4)ns2)cc1. The number of nitrogens with one attached hydrogen (secondary N) is 1. The van der Waals surface area contributed by atoms with E-state index in [1.165, 1.54) is 18.0 Å². The number of hydrogen-bond donors (Lipinski definition) is 1. The molecule has 0 spiro atoms. The fourth-order valence-electron chi connectivity index (χ4n) is 2.84. The molecule has 2 fully saturated rings. The zero-order chi connectivity index (χ0) is 11.9. The Morgan fingerprint density at radius 3 is 2.89 bits per heavy atom. The van der Waals surface area contributed by atoms with E-state index in [4.69, 9.17) is 0 Å². The highest BCUT2D eigenvalue weighted by Gasteiger charge is 2.39. The third kappa shape index (κ3) is 1.62. The van der Waals surface area contributed by atoms with Crippen LogP contribution in [0.15, 0.2) is 30.3 Å². The average molecular weight is 258 g/mol. The summed E-state index contributed by atoms with van der Waals surface area (Å²) in [6.07, 6.45) is 1.24. The van der Waals surface area contributed by atoms with Gasteiger partial charge in [0.15, 0.2) is 0 Å². The summed E-state index contributed by atoms with van der Waals surface area (Å²) in [7, 11) is 0. The lowest BCUT2D eigenvalue weighted by atomic mass is 10.2. The number of anilines is 1. The summed E-state index contributed by atoms with van der Waals surface area (Å²) in [5.74, 6) is 0.910. The van der Waals surface area contributed by atoms with Gasteiger partial charge in [-0.2, -0.15) is 9.36 Å². The van der Waals surface area contributed by atoms with Gasteiger partial charge in [0.05, 0.1) is 0 Å². The zero-order valence-electron chi connectivity index (χ0n) is 9.91. The number of fused-ring (bicyclic) bond motifs is 2. The van der Waals surface area contributed by atoms with E-state index in [0.29, 0.717) is 12.1 Å². The maximum Gasteiger partial charge on any atom is 0.238 e. The second-order valence-electron chi connectivity index (χ2n) is 4.91. The van der Waals surface area contributed by atoms with E-state index in [1.807, 2.05) is 18.2 Å². The molecule has 1 aromatic heterocycles. The molecule has 2 saturated heterocycles. The predicted molar refractivity (Wildman–Crippen MR) is 72.9 cm³/mol. The minimum absolute atomic E-state index is 0.591. The Morgan fingerprint density at radius 1 is 1.28 bits per heavy atom. The molecule has 0 aliphatic carbocycles. The Balaban J connectivity index is 1.63. The van der Waals surface area contributed by atoms with Crippen molar-refractivity contribution < 1.29 is 0 Å². The molecule has 2 atom stereocenters. The second kappa shape index (κ2) is 4.03. The smallest absolute Gasteiger partial charge is 0.238 e. The molecule has 18 heavy (non-hydrogen) atoms. The van der Waals surface area contributed by atoms with Gasteiger partial charge in [-0.15, -0.1) is 0 Å². The summed E-state index contributed by atoms with van der Waals surface area (Å²) in [5, 5.41) is 4.52. The van der Waals surface area contributed by atoms with Crippen LogP contribution in [-0.2, 0) is 0 Å². The topological polar surface area (TPSA) is 41.1 Å². The first-order chi connectivity index (χ1) is 8.90. The van der Waals surface area contributed by atoms with Crippen molar-refractivity contribution in [3.8, 4) is 10.6 Å². The molecule has 1 aromatic carbocycles. The normalized spacial score (nSPS) is 25.9. The molecule has 2 aromatic rings. The summed E-state index contributed by atoms with van der Waals surface area (Å²) < 4.78 is 4.52. The molecule has 2 aliphatic rings. The predicted octanol–water partition coefficient (Wildman–Crippen LogP) is 1.76. The van der Waals surface area contributed by atoms with Crippen LogP contribution in [0.1, 0.15) is 6.42 Å². The van der Waals surface area contributed by atoms with Gasteiger partial charge >= 0.3 is 0 Å². The summed E-state index contributed by atoms with van der Waals surface area (Å²) in [5.41, 5.74) is 1.16. The van der Waals surface area contributed by atoms with Crippen molar-refractivity contribution in [3.05, 3.63) is 30.3 Å². The van der Waals surface area contributed by atoms with E-state index >= 15 is 0 Å². The Morgan fingerprint density at radius 2 is 2.17 bits per heavy atom. The van der Waals surface area contributed by atoms with Crippen LogP contribution in [0, 0.1) is 0 Å². The van der Waals surface area contributed by atoms with Gasteiger partial charge in [0.25, 0.3) is 0 Å². The van der Waals surface area contributed by atoms with Crippen molar-refractivity contribution in [1.29, 1.82) is 0 Å². The van der Waals surface area contributed by atoms with Gasteiger partial charge in [0.2, 0.25) is 5.95 Å². The molecule has 2 aliphatic heterocycles. The summed E-state index contributed by atoms with van der Waals surface area (Å²) in [4.78, 5) is 7.04. The molecule has 0 saturated carbocycles. The monoisotopic (exact) mass is 258 g/mol. The van der Waals surface area contributed by atoms with Crippen LogP contribution in [-0.4, -0.2) is 34.5 Å². The highest BCUT2D eigenvalue weighted by Crippen LogP contribution is 2.30. The first-order valence-electron chi connectivity index (χ1n) is 6.29. The molecular weight excluding hydrogens is 244 g/mol. The van der Waals surface area contributed by atoms with Crippen LogP contribution in [0.4, 0.5) is 5.95 Å². The summed E-state index contributed by atoms with van der Waals surface area (Å²) in [6, 6.07) is 11.5. The van der Waals surface area contributed by atoms with E-state index in [-0.39, 0.29) is 0 Å². The van der Waals surface area contributed by atoms with E-state index in [2.05, 4.69) is 31.7 Å². The Kier molecular flexibility index (Phi) is 2.34. The van der Waals surface area contributed by atoms with Gasteiger partial charge in [-0.05, 0) is 18.0 Å². The standard InChI is InChI=1S/C13H14N4S/c1-2-4-9(5-3-1)12-15-13(16-18-12)17-8-10-6-11(17)7-14-10/h1-5,10-11,14H,6-8H2/t10-,11+/m1/s1. The van der Waals surface area contributed by atoms with E-state index in [9.17, 15) is 0 Å².